The zero-order chi connectivity index (χ0) is 12.4. The molecule has 0 aromatic heterocycles. The molecule has 0 spiro atoms. The summed E-state index contributed by atoms with van der Waals surface area (Å²) in [5.41, 5.74) is 1.42. The molecule has 0 amide bonds. The zero-order valence-corrected chi connectivity index (χ0v) is 10.4. The van der Waals surface area contributed by atoms with Crippen molar-refractivity contribution in [2.75, 3.05) is 6.61 Å². The molecule has 0 aliphatic carbocycles. The second-order valence-corrected chi connectivity index (χ2v) is 4.54. The van der Waals surface area contributed by atoms with Crippen molar-refractivity contribution in [2.24, 2.45) is 0 Å². The molecule has 2 rings (SSSR count). The molecule has 1 aromatic carbocycles. The molecule has 1 heterocycles. The smallest absolute Gasteiger partial charge is 0.328 e. The van der Waals surface area contributed by atoms with E-state index in [1.807, 2.05) is 0 Å². The number of hydrogen-bond donors (Lipinski definition) is 1. The number of carbonyl (C=O) groups is 1. The predicted molar refractivity (Wildman–Crippen MR) is 66.8 cm³/mol. The Hall–Kier alpha value is -1.19. The fourth-order valence-corrected chi connectivity index (χ4v) is 2.09. The summed E-state index contributed by atoms with van der Waals surface area (Å²) in [6, 6.07) is 3.28. The van der Waals surface area contributed by atoms with E-state index < -0.39 is 5.97 Å². The number of carboxylic acids is 1. The number of benzene rings is 1. The first-order valence-electron chi connectivity index (χ1n) is 5.13. The molecule has 0 bridgehead atoms. The van der Waals surface area contributed by atoms with Crippen LogP contribution in [-0.2, 0) is 4.79 Å². The number of fused-ring (bicyclic) bond motifs is 1. The second kappa shape index (κ2) is 4.98. The molecule has 1 aliphatic rings. The highest BCUT2D eigenvalue weighted by Crippen LogP contribution is 2.37. The second-order valence-electron chi connectivity index (χ2n) is 3.72. The average molecular weight is 273 g/mol. The highest BCUT2D eigenvalue weighted by molar-refractivity contribution is 6.42. The highest BCUT2D eigenvalue weighted by atomic mass is 35.5. The quantitative estimate of drug-likeness (QED) is 0.794. The zero-order valence-electron chi connectivity index (χ0n) is 8.87. The molecule has 5 heteroatoms. The van der Waals surface area contributed by atoms with Crippen molar-refractivity contribution in [3.8, 4) is 5.75 Å². The SMILES string of the molecule is O=C(O)/C=C1\CCCOc2cc(Cl)c(Cl)cc21. The third kappa shape index (κ3) is 2.73. The van der Waals surface area contributed by atoms with Gasteiger partial charge in [-0.15, -0.1) is 0 Å². The number of halogens is 2. The van der Waals surface area contributed by atoms with Gasteiger partial charge < -0.3 is 9.84 Å². The van der Waals surface area contributed by atoms with Gasteiger partial charge >= 0.3 is 5.97 Å². The van der Waals surface area contributed by atoms with Gasteiger partial charge in [0.05, 0.1) is 16.7 Å². The number of allylic oxidation sites excluding steroid dienone is 1. The third-order valence-corrected chi connectivity index (χ3v) is 3.24. The van der Waals surface area contributed by atoms with Gasteiger partial charge in [0.15, 0.2) is 0 Å². The van der Waals surface area contributed by atoms with Crippen molar-refractivity contribution in [2.45, 2.75) is 12.8 Å². The van der Waals surface area contributed by atoms with E-state index in [9.17, 15) is 4.79 Å². The summed E-state index contributed by atoms with van der Waals surface area (Å²) in [6.45, 7) is 0.544. The number of ether oxygens (including phenoxy) is 1. The van der Waals surface area contributed by atoms with Crippen LogP contribution in [0.25, 0.3) is 5.57 Å². The Morgan fingerprint density at radius 3 is 2.76 bits per heavy atom. The van der Waals surface area contributed by atoms with E-state index in [4.69, 9.17) is 33.0 Å². The van der Waals surface area contributed by atoms with Gasteiger partial charge in [0, 0.05) is 17.7 Å². The molecule has 90 valence electrons. The lowest BCUT2D eigenvalue weighted by atomic mass is 10.0. The fraction of sp³-hybridized carbons (Fsp3) is 0.250. The normalized spacial score (nSPS) is 17.2. The van der Waals surface area contributed by atoms with Gasteiger partial charge in [-0.05, 0) is 24.5 Å². The molecule has 17 heavy (non-hydrogen) atoms. The Kier molecular flexibility index (Phi) is 3.60. The molecule has 1 N–H and O–H groups in total. The molecule has 0 atom stereocenters. The first-order valence-corrected chi connectivity index (χ1v) is 5.89. The van der Waals surface area contributed by atoms with Gasteiger partial charge in [0.25, 0.3) is 0 Å². The number of aliphatic carboxylic acids is 1. The molecule has 1 aromatic rings. The summed E-state index contributed by atoms with van der Waals surface area (Å²) in [4.78, 5) is 10.8. The van der Waals surface area contributed by atoms with Crippen molar-refractivity contribution in [3.05, 3.63) is 33.8 Å². The molecular weight excluding hydrogens is 263 g/mol. The monoisotopic (exact) mass is 272 g/mol. The van der Waals surface area contributed by atoms with Crippen LogP contribution in [0.15, 0.2) is 18.2 Å². The maximum atomic E-state index is 10.8. The van der Waals surface area contributed by atoms with Crippen LogP contribution in [-0.4, -0.2) is 17.7 Å². The van der Waals surface area contributed by atoms with Gasteiger partial charge in [0.2, 0.25) is 0 Å². The summed E-state index contributed by atoms with van der Waals surface area (Å²) in [6.07, 6.45) is 2.61. The van der Waals surface area contributed by atoms with Crippen LogP contribution in [0.2, 0.25) is 10.0 Å². The molecule has 3 nitrogen and oxygen atoms in total. The van der Waals surface area contributed by atoms with Crippen LogP contribution in [0, 0.1) is 0 Å². The van der Waals surface area contributed by atoms with E-state index in [-0.39, 0.29) is 0 Å². The molecule has 0 radical (unpaired) electrons. The fourth-order valence-electron chi connectivity index (χ4n) is 1.78. The Labute approximate surface area is 109 Å². The highest BCUT2D eigenvalue weighted by Gasteiger charge is 2.17. The number of hydrogen-bond acceptors (Lipinski definition) is 2. The van der Waals surface area contributed by atoms with E-state index in [1.54, 1.807) is 12.1 Å². The third-order valence-electron chi connectivity index (χ3n) is 2.51. The van der Waals surface area contributed by atoms with Crippen LogP contribution in [0.5, 0.6) is 5.75 Å². The molecule has 0 saturated heterocycles. The van der Waals surface area contributed by atoms with Crippen molar-refractivity contribution in [3.63, 3.8) is 0 Å². The summed E-state index contributed by atoms with van der Waals surface area (Å²) in [7, 11) is 0. The molecule has 1 aliphatic heterocycles. The lowest BCUT2D eigenvalue weighted by molar-refractivity contribution is -0.131. The Morgan fingerprint density at radius 2 is 2.06 bits per heavy atom. The van der Waals surface area contributed by atoms with Crippen molar-refractivity contribution < 1.29 is 14.6 Å². The van der Waals surface area contributed by atoms with Crippen molar-refractivity contribution in [1.29, 1.82) is 0 Å². The number of carboxylic acid groups (broad SMARTS) is 1. The lowest BCUT2D eigenvalue weighted by Gasteiger charge is -2.09. The van der Waals surface area contributed by atoms with Crippen LogP contribution >= 0.6 is 23.2 Å². The summed E-state index contributed by atoms with van der Waals surface area (Å²) >= 11 is 11.8. The Balaban J connectivity index is 2.55. The number of rotatable bonds is 1. The lowest BCUT2D eigenvalue weighted by Crippen LogP contribution is -1.95. The average Bonchev–Trinajstić information content (AvgIpc) is 2.42. The van der Waals surface area contributed by atoms with Gasteiger partial charge in [-0.2, -0.15) is 0 Å². The maximum Gasteiger partial charge on any atom is 0.328 e. The maximum absolute atomic E-state index is 10.8. The van der Waals surface area contributed by atoms with E-state index in [0.29, 0.717) is 40.0 Å². The minimum Gasteiger partial charge on any atom is -0.493 e. The van der Waals surface area contributed by atoms with E-state index >= 15 is 0 Å². The Bertz CT molecular complexity index is 495. The van der Waals surface area contributed by atoms with Crippen LogP contribution in [0.1, 0.15) is 18.4 Å². The van der Waals surface area contributed by atoms with E-state index in [1.165, 1.54) is 6.08 Å². The van der Waals surface area contributed by atoms with Crippen LogP contribution < -0.4 is 4.74 Å². The topological polar surface area (TPSA) is 46.5 Å². The standard InChI is InChI=1S/C12H10Cl2O3/c13-9-5-8-7(4-12(15)16)2-1-3-17-11(8)6-10(9)14/h4-6H,1-3H2,(H,15,16)/b7-4+. The predicted octanol–water partition coefficient (Wildman–Crippen LogP) is 3.63. The summed E-state index contributed by atoms with van der Waals surface area (Å²) in [5.74, 6) is -0.386. The molecule has 0 saturated carbocycles. The molecule has 0 fully saturated rings. The summed E-state index contributed by atoms with van der Waals surface area (Å²) in [5, 5.41) is 9.63. The van der Waals surface area contributed by atoms with Crippen LogP contribution in [0.3, 0.4) is 0 Å². The minimum atomic E-state index is -0.973. The van der Waals surface area contributed by atoms with Gasteiger partial charge in [-0.1, -0.05) is 23.2 Å². The van der Waals surface area contributed by atoms with Crippen molar-refractivity contribution >= 4 is 34.7 Å². The molecular formula is C12H10Cl2O3. The van der Waals surface area contributed by atoms with Crippen LogP contribution in [0.4, 0.5) is 0 Å². The van der Waals surface area contributed by atoms with E-state index in [2.05, 4.69) is 0 Å². The van der Waals surface area contributed by atoms with Gasteiger partial charge in [-0.3, -0.25) is 0 Å². The summed E-state index contributed by atoms with van der Waals surface area (Å²) < 4.78 is 5.52. The first-order chi connectivity index (χ1) is 8.08. The first kappa shape index (κ1) is 12.3. The Morgan fingerprint density at radius 1 is 1.35 bits per heavy atom. The van der Waals surface area contributed by atoms with Crippen molar-refractivity contribution in [1.82, 2.24) is 0 Å². The molecule has 0 unspecified atom stereocenters. The van der Waals surface area contributed by atoms with E-state index in [0.717, 1.165) is 6.42 Å². The largest absolute Gasteiger partial charge is 0.493 e. The minimum absolute atomic E-state index is 0.396. The van der Waals surface area contributed by atoms with Gasteiger partial charge in [-0.25, -0.2) is 4.79 Å². The van der Waals surface area contributed by atoms with Gasteiger partial charge in [0.1, 0.15) is 5.75 Å².